The van der Waals surface area contributed by atoms with Crippen molar-refractivity contribution in [1.82, 2.24) is 9.97 Å². The van der Waals surface area contributed by atoms with Crippen molar-refractivity contribution in [1.29, 1.82) is 0 Å². The zero-order valence-corrected chi connectivity index (χ0v) is 40.3. The fraction of sp³-hybridized carbons (Fsp3) is 0.818. The van der Waals surface area contributed by atoms with Crippen molar-refractivity contribution in [3.05, 3.63) is 46.1 Å². The third kappa shape index (κ3) is 6.91. The first-order valence-corrected chi connectivity index (χ1v) is 26.0. The second-order valence-corrected chi connectivity index (χ2v) is 24.1. The molecular formula is C55H80N2O6. The molecule has 346 valence electrons. The quantitative estimate of drug-likeness (QED) is 0.298. The zero-order valence-electron chi connectivity index (χ0n) is 40.3. The van der Waals surface area contributed by atoms with Gasteiger partial charge in [-0.25, -0.2) is 0 Å². The summed E-state index contributed by atoms with van der Waals surface area (Å²) in [5.41, 5.74) is 6.45. The molecule has 10 rings (SSSR count). The molecule has 6 aliphatic carbocycles. The number of ether oxygens (including phenoxy) is 3. The maximum Gasteiger partial charge on any atom is 0.172 e. The highest BCUT2D eigenvalue weighted by Crippen LogP contribution is 2.68. The molecule has 8 nitrogen and oxygen atoms in total. The van der Waals surface area contributed by atoms with E-state index in [2.05, 4.69) is 74.5 Å². The molecule has 1 aromatic rings. The minimum atomic E-state index is -0.549. The second-order valence-electron chi connectivity index (χ2n) is 24.1. The third-order valence-corrected chi connectivity index (χ3v) is 20.3. The molecule has 0 aromatic carbocycles. The van der Waals surface area contributed by atoms with E-state index in [1.807, 2.05) is 0 Å². The SMILES string of the molecule is C[C@@H]1CC[C@@]2(OC1)O[C@H]1C=C3[C@@H]4CC[C@H]5Cc6nc7c(nc6C[C@]5(C)[C@H]4CC(=O)[C@]3(C)[C@H]1[C@@H]2C)C[C@@H](C)CC[C@H](C)C1=C[C@@H]2O[C@H](CC[C@@H](C)CO)[C@@H](C)[C@@H]2[C@@]1(C)C(=O)CCCC7. The summed E-state index contributed by atoms with van der Waals surface area (Å²) in [6.45, 7) is 21.7. The molecule has 1 aromatic heterocycles. The van der Waals surface area contributed by atoms with Gasteiger partial charge in [-0.1, -0.05) is 71.8 Å². The first kappa shape index (κ1) is 44.6. The average Bonchev–Trinajstić information content (AvgIpc) is 3.93. The number of hydrogen-bond donors (Lipinski definition) is 1. The maximum atomic E-state index is 14.8. The van der Waals surface area contributed by atoms with Crippen LogP contribution in [0.5, 0.6) is 0 Å². The van der Waals surface area contributed by atoms with Gasteiger partial charge in [0.2, 0.25) is 0 Å². The number of fused-ring (bicyclic) bond motifs is 12. The van der Waals surface area contributed by atoms with E-state index in [0.717, 1.165) is 102 Å². The molecule has 9 aliphatic rings. The Bertz CT molecular complexity index is 2030. The Morgan fingerprint density at radius 3 is 2.27 bits per heavy atom. The molecule has 0 bridgehead atoms. The lowest BCUT2D eigenvalue weighted by molar-refractivity contribution is -0.265. The van der Waals surface area contributed by atoms with E-state index in [9.17, 15) is 14.7 Å². The number of nitrogens with zero attached hydrogens (tertiary/aromatic N) is 2. The molecule has 63 heavy (non-hydrogen) atoms. The highest BCUT2D eigenvalue weighted by atomic mass is 16.7. The molecule has 4 heterocycles. The van der Waals surface area contributed by atoms with Gasteiger partial charge in [0.25, 0.3) is 0 Å². The maximum absolute atomic E-state index is 14.8. The van der Waals surface area contributed by atoms with Gasteiger partial charge in [-0.15, -0.1) is 0 Å². The van der Waals surface area contributed by atoms with E-state index in [0.29, 0.717) is 65.8 Å². The average molecular weight is 865 g/mol. The minimum Gasteiger partial charge on any atom is -0.396 e. The van der Waals surface area contributed by atoms with Crippen LogP contribution in [-0.2, 0) is 49.5 Å². The van der Waals surface area contributed by atoms with Crippen LogP contribution in [0.15, 0.2) is 23.3 Å². The van der Waals surface area contributed by atoms with Gasteiger partial charge >= 0.3 is 0 Å². The number of aryl methyl sites for hydroxylation is 1. The molecule has 5 fully saturated rings. The van der Waals surface area contributed by atoms with Gasteiger partial charge in [0.15, 0.2) is 5.79 Å². The lowest BCUT2D eigenvalue weighted by Gasteiger charge is -2.58. The van der Waals surface area contributed by atoms with Crippen LogP contribution in [0.3, 0.4) is 0 Å². The molecule has 1 N–H and O–H groups in total. The largest absolute Gasteiger partial charge is 0.396 e. The predicted molar refractivity (Wildman–Crippen MR) is 244 cm³/mol. The van der Waals surface area contributed by atoms with Crippen molar-refractivity contribution >= 4 is 11.6 Å². The molecule has 18 atom stereocenters. The van der Waals surface area contributed by atoms with Crippen molar-refractivity contribution in [2.24, 2.45) is 81.3 Å². The van der Waals surface area contributed by atoms with Crippen LogP contribution in [0, 0.1) is 81.3 Å². The summed E-state index contributed by atoms with van der Waals surface area (Å²) in [4.78, 5) is 40.7. The number of aliphatic hydroxyl groups excluding tert-OH is 1. The van der Waals surface area contributed by atoms with Crippen molar-refractivity contribution in [3.8, 4) is 0 Å². The molecule has 2 saturated carbocycles. The molecule has 3 saturated heterocycles. The van der Waals surface area contributed by atoms with Crippen LogP contribution in [0.1, 0.15) is 162 Å². The molecular weight excluding hydrogens is 785 g/mol. The predicted octanol–water partition coefficient (Wildman–Crippen LogP) is 10.2. The van der Waals surface area contributed by atoms with E-state index >= 15 is 0 Å². The topological polar surface area (TPSA) is 108 Å². The van der Waals surface area contributed by atoms with Gasteiger partial charge in [-0.05, 0) is 150 Å². The Hall–Kier alpha value is -2.26. The number of Topliss-reactive ketones (excluding diaryl/α,β-unsaturated/α-hetero) is 2. The van der Waals surface area contributed by atoms with Crippen LogP contribution in [0.4, 0.5) is 0 Å². The van der Waals surface area contributed by atoms with Gasteiger partial charge < -0.3 is 19.3 Å². The molecule has 0 radical (unpaired) electrons. The summed E-state index contributed by atoms with van der Waals surface area (Å²) in [7, 11) is 0. The van der Waals surface area contributed by atoms with E-state index in [4.69, 9.17) is 24.2 Å². The van der Waals surface area contributed by atoms with Crippen LogP contribution in [0.2, 0.25) is 0 Å². The number of aliphatic hydroxyl groups is 1. The monoisotopic (exact) mass is 865 g/mol. The molecule has 0 amide bonds. The number of carbonyl (C=O) groups is 2. The van der Waals surface area contributed by atoms with E-state index in [1.165, 1.54) is 28.2 Å². The van der Waals surface area contributed by atoms with Crippen LogP contribution in [-0.4, -0.2) is 64.0 Å². The van der Waals surface area contributed by atoms with Crippen molar-refractivity contribution in [3.63, 3.8) is 0 Å². The number of rotatable bonds is 4. The van der Waals surface area contributed by atoms with Gasteiger partial charge in [0.05, 0.1) is 58.5 Å². The second kappa shape index (κ2) is 16.2. The fourth-order valence-electron chi connectivity index (χ4n) is 16.3. The van der Waals surface area contributed by atoms with Gasteiger partial charge in [-0.2, -0.15) is 0 Å². The minimum absolute atomic E-state index is 0.00442. The van der Waals surface area contributed by atoms with Crippen molar-refractivity contribution in [2.45, 2.75) is 189 Å². The molecule has 0 unspecified atom stereocenters. The number of aromatic nitrogens is 2. The number of ketones is 2. The summed E-state index contributed by atoms with van der Waals surface area (Å²) >= 11 is 0. The number of allylic oxidation sites excluding steroid dienone is 2. The van der Waals surface area contributed by atoms with Crippen LogP contribution >= 0.6 is 0 Å². The Labute approximate surface area is 379 Å². The highest BCUT2D eigenvalue weighted by Gasteiger charge is 2.69. The normalized spacial score (nSPS) is 47.5. The number of carbonyl (C=O) groups excluding carboxylic acids is 2. The zero-order chi connectivity index (χ0) is 44.4. The van der Waals surface area contributed by atoms with Crippen molar-refractivity contribution in [2.75, 3.05) is 13.2 Å². The Kier molecular flexibility index (Phi) is 11.5. The van der Waals surface area contributed by atoms with Gasteiger partial charge in [0, 0.05) is 43.6 Å². The first-order chi connectivity index (χ1) is 30.0. The van der Waals surface area contributed by atoms with Crippen LogP contribution < -0.4 is 0 Å². The Balaban J connectivity index is 0.874. The van der Waals surface area contributed by atoms with Crippen LogP contribution in [0.25, 0.3) is 0 Å². The van der Waals surface area contributed by atoms with Gasteiger partial charge in [-0.3, -0.25) is 19.6 Å². The summed E-state index contributed by atoms with van der Waals surface area (Å²) in [6, 6.07) is 0. The molecule has 3 aliphatic heterocycles. The third-order valence-electron chi connectivity index (χ3n) is 20.3. The highest BCUT2D eigenvalue weighted by molar-refractivity contribution is 5.91. The Morgan fingerprint density at radius 2 is 1.51 bits per heavy atom. The molecule has 8 heteroatoms. The standard InChI is InChI=1S/C55H80N2O6/c1-30-14-16-33(4)38-24-46-50(34(5)45(62-46)19-15-31(2)28-58)53(38,8)48(59)13-11-10-12-41-42(22-30)57-44-27-52(7)36(23-43(44)56-41)17-18-37-39(52)26-49(60)54(9)40(37)25-47-51(54)35(6)55(63-47)21-20-32(3)29-61-55/h24-25,30-37,39,45-47,50-51,58H,10-23,26-29H2,1-9H3/t30-,31+,32+,33-,34+,35-,36-,37+,39-,45+,46-,47-,50-,51-,52-,53+,54+,55+/m0/s1. The summed E-state index contributed by atoms with van der Waals surface area (Å²) in [5.74, 6) is 3.85. The fourth-order valence-corrected chi connectivity index (χ4v) is 16.3. The lowest BCUT2D eigenvalue weighted by atomic mass is 9.45. The smallest absolute Gasteiger partial charge is 0.172 e. The van der Waals surface area contributed by atoms with E-state index in [-0.39, 0.29) is 54.0 Å². The summed E-state index contributed by atoms with van der Waals surface area (Å²) in [6.07, 6.45) is 19.9. The summed E-state index contributed by atoms with van der Waals surface area (Å²) < 4.78 is 20.2. The van der Waals surface area contributed by atoms with Gasteiger partial charge in [0.1, 0.15) is 11.6 Å². The lowest BCUT2D eigenvalue weighted by Crippen LogP contribution is -2.56. The first-order valence-electron chi connectivity index (χ1n) is 26.0. The van der Waals surface area contributed by atoms with E-state index in [1.54, 1.807) is 0 Å². The summed E-state index contributed by atoms with van der Waals surface area (Å²) in [5, 5.41) is 9.67. The number of hydrogen-bond acceptors (Lipinski definition) is 8. The Morgan fingerprint density at radius 1 is 0.778 bits per heavy atom. The van der Waals surface area contributed by atoms with E-state index < -0.39 is 16.6 Å². The van der Waals surface area contributed by atoms with Crippen molar-refractivity contribution < 1.29 is 28.9 Å². The molecule has 1 spiro atoms.